The summed E-state index contributed by atoms with van der Waals surface area (Å²) in [6, 6.07) is 2.88. The second kappa shape index (κ2) is 7.96. The Morgan fingerprint density at radius 1 is 1.38 bits per heavy atom. The van der Waals surface area contributed by atoms with Gasteiger partial charge >= 0.3 is 0 Å². The van der Waals surface area contributed by atoms with Crippen molar-refractivity contribution in [3.05, 3.63) is 28.9 Å². The fourth-order valence-electron chi connectivity index (χ4n) is 3.56. The molecule has 1 aliphatic carbocycles. The molecule has 1 aliphatic heterocycles. The summed E-state index contributed by atoms with van der Waals surface area (Å²) in [7, 11) is 0. The molecular weight excluding hydrogens is 328 g/mol. The minimum atomic E-state index is -0.591. The van der Waals surface area contributed by atoms with E-state index in [0.29, 0.717) is 22.4 Å². The molecule has 0 radical (unpaired) electrons. The fraction of sp³-hybridized carbons (Fsp3) is 0.529. The number of rotatable bonds is 5. The lowest BCUT2D eigenvalue weighted by Crippen LogP contribution is -2.33. The van der Waals surface area contributed by atoms with Crippen LogP contribution >= 0.6 is 11.6 Å². The van der Waals surface area contributed by atoms with Crippen molar-refractivity contribution in [2.24, 2.45) is 0 Å². The van der Waals surface area contributed by atoms with Gasteiger partial charge in [0.2, 0.25) is 0 Å². The molecule has 7 heteroatoms. The quantitative estimate of drug-likeness (QED) is 0.432. The van der Waals surface area contributed by atoms with Gasteiger partial charge in [0.05, 0.1) is 5.02 Å². The molecule has 6 nitrogen and oxygen atoms in total. The van der Waals surface area contributed by atoms with Crippen molar-refractivity contribution in [2.75, 3.05) is 18.4 Å². The molecule has 1 atom stereocenters. The molecule has 1 saturated carbocycles. The summed E-state index contributed by atoms with van der Waals surface area (Å²) in [6.07, 6.45) is 10.9. The number of pyridine rings is 1. The van der Waals surface area contributed by atoms with Gasteiger partial charge in [0, 0.05) is 37.4 Å². The summed E-state index contributed by atoms with van der Waals surface area (Å²) in [4.78, 5) is 17.9. The zero-order chi connectivity index (χ0) is 16.9. The van der Waals surface area contributed by atoms with Crippen LogP contribution in [0.25, 0.3) is 6.08 Å². The number of nitrogens with zero attached hydrogens (tertiary/aromatic N) is 2. The second-order valence-electron chi connectivity index (χ2n) is 6.47. The lowest BCUT2D eigenvalue weighted by Gasteiger charge is -2.23. The van der Waals surface area contributed by atoms with E-state index in [1.165, 1.54) is 31.8 Å². The number of hydrogen-bond acceptors (Lipinski definition) is 5. The minimum absolute atomic E-state index is 0.372. The van der Waals surface area contributed by atoms with Crippen LogP contribution in [0.3, 0.4) is 0 Å². The monoisotopic (exact) mass is 350 g/mol. The van der Waals surface area contributed by atoms with E-state index < -0.39 is 5.91 Å². The first-order valence-electron chi connectivity index (χ1n) is 8.44. The lowest BCUT2D eigenvalue weighted by molar-refractivity contribution is -0.124. The highest BCUT2D eigenvalue weighted by Gasteiger charge is 2.30. The predicted octanol–water partition coefficient (Wildman–Crippen LogP) is 2.68. The maximum absolute atomic E-state index is 11.0. The Hall–Kier alpha value is -1.63. The number of carbonyl (C=O) groups is 1. The molecule has 24 heavy (non-hydrogen) atoms. The number of aromatic nitrogens is 1. The van der Waals surface area contributed by atoms with Crippen molar-refractivity contribution < 1.29 is 10.0 Å². The van der Waals surface area contributed by atoms with Crippen LogP contribution in [0.1, 0.15) is 37.7 Å². The normalized spacial score (nSPS) is 22.3. The average Bonchev–Trinajstić information content (AvgIpc) is 3.26. The van der Waals surface area contributed by atoms with Gasteiger partial charge in [-0.2, -0.15) is 0 Å². The van der Waals surface area contributed by atoms with Crippen molar-refractivity contribution in [2.45, 2.75) is 44.2 Å². The van der Waals surface area contributed by atoms with Gasteiger partial charge in [-0.15, -0.1) is 0 Å². The smallest absolute Gasteiger partial charge is 0.267 e. The summed E-state index contributed by atoms with van der Waals surface area (Å²) in [6.45, 7) is 2.18. The van der Waals surface area contributed by atoms with E-state index in [9.17, 15) is 4.79 Å². The maximum Gasteiger partial charge on any atom is 0.267 e. The number of halogens is 1. The van der Waals surface area contributed by atoms with Gasteiger partial charge in [-0.05, 0) is 37.0 Å². The molecule has 2 heterocycles. The molecule has 3 rings (SSSR count). The van der Waals surface area contributed by atoms with Crippen LogP contribution in [0.4, 0.5) is 5.82 Å². The number of hydrogen-bond donors (Lipinski definition) is 3. The average molecular weight is 351 g/mol. The first kappa shape index (κ1) is 17.2. The van der Waals surface area contributed by atoms with Crippen LogP contribution in [0.15, 0.2) is 18.3 Å². The molecule has 1 saturated heterocycles. The minimum Gasteiger partial charge on any atom is -0.365 e. The summed E-state index contributed by atoms with van der Waals surface area (Å²) in [5, 5.41) is 12.4. The molecule has 2 fully saturated rings. The maximum atomic E-state index is 11.0. The van der Waals surface area contributed by atoms with Crippen LogP contribution in [-0.4, -0.2) is 46.2 Å². The number of hydroxylamine groups is 1. The van der Waals surface area contributed by atoms with E-state index in [-0.39, 0.29) is 0 Å². The van der Waals surface area contributed by atoms with Gasteiger partial charge in [-0.3, -0.25) is 14.9 Å². The molecule has 1 aromatic heterocycles. The van der Waals surface area contributed by atoms with Gasteiger partial charge in [-0.25, -0.2) is 10.5 Å². The largest absolute Gasteiger partial charge is 0.365 e. The lowest BCUT2D eigenvalue weighted by atomic mass is 10.2. The molecule has 2 aliphatic rings. The second-order valence-corrected chi connectivity index (χ2v) is 6.88. The van der Waals surface area contributed by atoms with Crippen molar-refractivity contribution in [3.63, 3.8) is 0 Å². The Balaban J connectivity index is 1.57. The van der Waals surface area contributed by atoms with Gasteiger partial charge in [-0.1, -0.05) is 24.4 Å². The molecule has 1 amide bonds. The fourth-order valence-corrected chi connectivity index (χ4v) is 3.79. The third-order valence-electron chi connectivity index (χ3n) is 4.80. The molecule has 0 spiro atoms. The van der Waals surface area contributed by atoms with Gasteiger partial charge in [0.1, 0.15) is 5.82 Å². The zero-order valence-corrected chi connectivity index (χ0v) is 14.3. The van der Waals surface area contributed by atoms with Crippen LogP contribution in [0.5, 0.6) is 0 Å². The highest BCUT2D eigenvalue weighted by atomic mass is 35.5. The molecule has 1 aromatic rings. The molecule has 0 aromatic carbocycles. The van der Waals surface area contributed by atoms with Crippen molar-refractivity contribution in [3.8, 4) is 0 Å². The van der Waals surface area contributed by atoms with Crippen molar-refractivity contribution in [1.82, 2.24) is 15.4 Å². The first-order chi connectivity index (χ1) is 11.7. The van der Waals surface area contributed by atoms with Gasteiger partial charge in [0.25, 0.3) is 5.91 Å². The van der Waals surface area contributed by atoms with Crippen molar-refractivity contribution in [1.29, 1.82) is 0 Å². The zero-order valence-electron chi connectivity index (χ0n) is 13.5. The highest BCUT2D eigenvalue weighted by Crippen LogP contribution is 2.28. The molecule has 0 unspecified atom stereocenters. The Kier molecular flexibility index (Phi) is 5.71. The third kappa shape index (κ3) is 4.26. The summed E-state index contributed by atoms with van der Waals surface area (Å²) in [5.74, 6) is 0.0879. The number of nitrogens with one attached hydrogen (secondary N) is 2. The first-order valence-corrected chi connectivity index (χ1v) is 8.82. The topological polar surface area (TPSA) is 77.5 Å². The predicted molar refractivity (Wildman–Crippen MR) is 94.1 cm³/mol. The van der Waals surface area contributed by atoms with E-state index in [2.05, 4.69) is 15.2 Å². The molecule has 130 valence electrons. The standard InChI is InChI=1S/C17H23ClN4O2/c18-15-9-12(5-6-16(23)21-24)10-19-17(15)20-13-7-8-22(11-13)14-3-1-2-4-14/h5-6,9-10,13-14,24H,1-4,7-8,11H2,(H,19,20)(H,21,23)/t13-/m1/s1. The van der Waals surface area contributed by atoms with Crippen LogP contribution < -0.4 is 10.8 Å². The number of carbonyl (C=O) groups excluding carboxylic acids is 1. The number of amides is 1. The van der Waals surface area contributed by atoms with Gasteiger partial charge in [0.15, 0.2) is 0 Å². The Labute approximate surface area is 146 Å². The van der Waals surface area contributed by atoms with E-state index in [1.54, 1.807) is 23.8 Å². The van der Waals surface area contributed by atoms with Crippen molar-refractivity contribution >= 4 is 29.4 Å². The molecule has 3 N–H and O–H groups in total. The summed E-state index contributed by atoms with van der Waals surface area (Å²) in [5.41, 5.74) is 2.24. The van der Waals surface area contributed by atoms with Crippen LogP contribution in [-0.2, 0) is 4.79 Å². The summed E-state index contributed by atoms with van der Waals surface area (Å²) >= 11 is 6.30. The van der Waals surface area contributed by atoms with Crippen LogP contribution in [0.2, 0.25) is 5.02 Å². The van der Waals surface area contributed by atoms with E-state index in [0.717, 1.165) is 25.6 Å². The van der Waals surface area contributed by atoms with Gasteiger partial charge < -0.3 is 5.32 Å². The number of anilines is 1. The SMILES string of the molecule is O=C(C=Cc1cnc(N[C@@H]2CCN(C3CCCC3)C2)c(Cl)c1)NO. The van der Waals surface area contributed by atoms with E-state index in [1.807, 2.05) is 0 Å². The summed E-state index contributed by atoms with van der Waals surface area (Å²) < 4.78 is 0. The Morgan fingerprint density at radius 3 is 2.88 bits per heavy atom. The highest BCUT2D eigenvalue weighted by molar-refractivity contribution is 6.33. The van der Waals surface area contributed by atoms with Crippen LogP contribution in [0, 0.1) is 0 Å². The van der Waals surface area contributed by atoms with E-state index in [4.69, 9.17) is 16.8 Å². The van der Waals surface area contributed by atoms with E-state index >= 15 is 0 Å². The molecular formula is C17H23ClN4O2. The Morgan fingerprint density at radius 2 is 2.17 bits per heavy atom. The third-order valence-corrected chi connectivity index (χ3v) is 5.09. The Bertz CT molecular complexity index is 617. The molecule has 0 bridgehead atoms. The number of likely N-dealkylation sites (tertiary alicyclic amines) is 1.